The summed E-state index contributed by atoms with van der Waals surface area (Å²) in [5.41, 5.74) is 14.8. The molecule has 0 saturated carbocycles. The Morgan fingerprint density at radius 1 is 1.22 bits per heavy atom. The van der Waals surface area contributed by atoms with E-state index in [4.69, 9.17) is 11.5 Å². The van der Waals surface area contributed by atoms with E-state index in [1.54, 1.807) is 18.2 Å². The molecule has 3 rings (SSSR count). The topological polar surface area (TPSA) is 131 Å². The van der Waals surface area contributed by atoms with Crippen LogP contribution in [0.2, 0.25) is 0 Å². The Morgan fingerprint density at radius 3 is 2.52 bits per heavy atom. The fourth-order valence-corrected chi connectivity index (χ4v) is 3.25. The van der Waals surface area contributed by atoms with Crippen molar-refractivity contribution in [2.75, 3.05) is 0 Å². The van der Waals surface area contributed by atoms with Gasteiger partial charge in [0.1, 0.15) is 5.84 Å². The minimum absolute atomic E-state index is 0.103. The molecule has 0 aliphatic carbocycles. The van der Waals surface area contributed by atoms with Crippen LogP contribution in [-0.4, -0.2) is 10.8 Å². The van der Waals surface area contributed by atoms with Crippen LogP contribution in [0.1, 0.15) is 22.6 Å². The Bertz CT molecular complexity index is 1060. The van der Waals surface area contributed by atoms with Gasteiger partial charge in [-0.1, -0.05) is 42.5 Å². The third-order valence-electron chi connectivity index (χ3n) is 4.53. The lowest BCUT2D eigenvalue weighted by Gasteiger charge is -2.26. The number of hydrogen-bond donors (Lipinski definition) is 2. The summed E-state index contributed by atoms with van der Waals surface area (Å²) in [6.45, 7) is 1.90. The second-order valence-corrected chi connectivity index (χ2v) is 6.06. The van der Waals surface area contributed by atoms with E-state index in [1.807, 2.05) is 31.2 Å². The molecule has 7 heteroatoms. The zero-order valence-corrected chi connectivity index (χ0v) is 14.6. The second-order valence-electron chi connectivity index (χ2n) is 6.06. The number of nitrogens with zero attached hydrogens (tertiary/aromatic N) is 3. The number of nitriles is 1. The lowest BCUT2D eigenvalue weighted by molar-refractivity contribution is -0.385. The summed E-state index contributed by atoms with van der Waals surface area (Å²) in [5, 5.41) is 21.5. The minimum Gasteiger partial charge on any atom is -0.404 e. The molecule has 4 N–H and O–H groups in total. The van der Waals surface area contributed by atoms with Gasteiger partial charge in [0.15, 0.2) is 0 Å². The van der Waals surface area contributed by atoms with Crippen LogP contribution in [0.25, 0.3) is 5.70 Å². The average Bonchev–Trinajstić information content (AvgIpc) is 2.67. The highest BCUT2D eigenvalue weighted by atomic mass is 16.6. The van der Waals surface area contributed by atoms with Crippen LogP contribution in [0, 0.1) is 28.4 Å². The average molecular weight is 359 g/mol. The molecule has 0 bridgehead atoms. The van der Waals surface area contributed by atoms with Crippen molar-refractivity contribution in [3.63, 3.8) is 0 Å². The van der Waals surface area contributed by atoms with Crippen LogP contribution in [0.5, 0.6) is 0 Å². The van der Waals surface area contributed by atoms with Crippen molar-refractivity contribution in [3.8, 4) is 6.07 Å². The number of rotatable bonds is 3. The molecular formula is C20H17N5O2. The molecule has 2 aromatic carbocycles. The zero-order chi connectivity index (χ0) is 19.6. The molecule has 1 atom stereocenters. The van der Waals surface area contributed by atoms with E-state index >= 15 is 0 Å². The van der Waals surface area contributed by atoms with Gasteiger partial charge in [0.25, 0.3) is 5.69 Å². The summed E-state index contributed by atoms with van der Waals surface area (Å²) in [6.07, 6.45) is 1.26. The highest BCUT2D eigenvalue weighted by molar-refractivity contribution is 6.05. The largest absolute Gasteiger partial charge is 0.404 e. The number of nitrogens with two attached hydrogens (primary N) is 2. The molecule has 7 nitrogen and oxygen atoms in total. The molecular weight excluding hydrogens is 342 g/mol. The maximum absolute atomic E-state index is 11.5. The summed E-state index contributed by atoms with van der Waals surface area (Å²) in [5.74, 6) is -0.633. The van der Waals surface area contributed by atoms with E-state index in [0.717, 1.165) is 11.1 Å². The third kappa shape index (κ3) is 3.04. The fourth-order valence-electron chi connectivity index (χ4n) is 3.25. The van der Waals surface area contributed by atoms with Crippen molar-refractivity contribution < 1.29 is 4.92 Å². The number of amidine groups is 1. The van der Waals surface area contributed by atoms with Crippen LogP contribution in [0.3, 0.4) is 0 Å². The number of hydrogen-bond acceptors (Lipinski definition) is 6. The van der Waals surface area contributed by atoms with E-state index in [0.29, 0.717) is 16.8 Å². The van der Waals surface area contributed by atoms with E-state index in [2.05, 4.69) is 11.1 Å². The number of benzene rings is 2. The first-order chi connectivity index (χ1) is 13.0. The minimum atomic E-state index is -0.770. The van der Waals surface area contributed by atoms with Gasteiger partial charge in [-0.15, -0.1) is 0 Å². The Labute approximate surface area is 156 Å². The number of aryl methyl sites for hydroxylation is 1. The Hall–Kier alpha value is -3.92. The molecule has 1 aliphatic rings. The monoisotopic (exact) mass is 359 g/mol. The molecule has 0 saturated heterocycles. The summed E-state index contributed by atoms with van der Waals surface area (Å²) in [4.78, 5) is 15.5. The second kappa shape index (κ2) is 7.14. The van der Waals surface area contributed by atoms with Crippen LogP contribution < -0.4 is 11.5 Å². The number of aliphatic imine (C=N–C) groups is 1. The summed E-state index contributed by atoms with van der Waals surface area (Å²) < 4.78 is 0. The van der Waals surface area contributed by atoms with Crippen molar-refractivity contribution in [3.05, 3.63) is 92.7 Å². The van der Waals surface area contributed by atoms with Crippen LogP contribution in [-0.2, 0) is 0 Å². The van der Waals surface area contributed by atoms with E-state index in [1.165, 1.54) is 12.3 Å². The van der Waals surface area contributed by atoms with Crippen molar-refractivity contribution in [1.82, 2.24) is 0 Å². The van der Waals surface area contributed by atoms with Gasteiger partial charge in [-0.05, 0) is 12.5 Å². The van der Waals surface area contributed by atoms with Gasteiger partial charge in [-0.3, -0.25) is 10.1 Å². The molecule has 0 aromatic heterocycles. The predicted octanol–water partition coefficient (Wildman–Crippen LogP) is 3.14. The van der Waals surface area contributed by atoms with Crippen molar-refractivity contribution in [1.29, 1.82) is 5.26 Å². The first kappa shape index (κ1) is 17.9. The quantitative estimate of drug-likeness (QED) is 0.642. The Balaban J connectivity index is 2.35. The maximum Gasteiger partial charge on any atom is 0.273 e. The van der Waals surface area contributed by atoms with Gasteiger partial charge >= 0.3 is 0 Å². The maximum atomic E-state index is 11.5. The van der Waals surface area contributed by atoms with Gasteiger partial charge in [0.05, 0.1) is 28.2 Å². The predicted molar refractivity (Wildman–Crippen MR) is 103 cm³/mol. The smallest absolute Gasteiger partial charge is 0.273 e. The van der Waals surface area contributed by atoms with Gasteiger partial charge < -0.3 is 11.5 Å². The van der Waals surface area contributed by atoms with Crippen LogP contribution >= 0.6 is 0 Å². The molecule has 1 heterocycles. The highest BCUT2D eigenvalue weighted by Gasteiger charge is 2.35. The lowest BCUT2D eigenvalue weighted by atomic mass is 9.80. The van der Waals surface area contributed by atoms with Gasteiger partial charge in [0.2, 0.25) is 0 Å². The zero-order valence-electron chi connectivity index (χ0n) is 14.6. The molecule has 0 fully saturated rings. The number of allylic oxidation sites excluding steroid dienone is 1. The van der Waals surface area contributed by atoms with Gasteiger partial charge in [0, 0.05) is 29.0 Å². The molecule has 1 unspecified atom stereocenters. The number of para-hydroxylation sites is 1. The first-order valence-corrected chi connectivity index (χ1v) is 8.19. The molecule has 2 aromatic rings. The van der Waals surface area contributed by atoms with E-state index in [-0.39, 0.29) is 17.1 Å². The SMILES string of the molecule is Cc1ccccc1C1=C(C#N)C(c2ccccc2[N+](=O)[O-])/C(=C/N)C(N)=N1. The number of nitro groups is 1. The third-order valence-corrected chi connectivity index (χ3v) is 4.53. The molecule has 0 spiro atoms. The molecule has 27 heavy (non-hydrogen) atoms. The summed E-state index contributed by atoms with van der Waals surface area (Å²) >= 11 is 0. The van der Waals surface area contributed by atoms with Crippen LogP contribution in [0.15, 0.2) is 70.9 Å². The van der Waals surface area contributed by atoms with E-state index < -0.39 is 10.8 Å². The molecule has 134 valence electrons. The van der Waals surface area contributed by atoms with Crippen LogP contribution in [0.4, 0.5) is 5.69 Å². The van der Waals surface area contributed by atoms with Gasteiger partial charge in [-0.2, -0.15) is 5.26 Å². The number of nitro benzene ring substituents is 1. The molecule has 0 radical (unpaired) electrons. The van der Waals surface area contributed by atoms with Crippen molar-refractivity contribution in [2.45, 2.75) is 12.8 Å². The fraction of sp³-hybridized carbons (Fsp3) is 0.100. The highest BCUT2D eigenvalue weighted by Crippen LogP contribution is 2.43. The van der Waals surface area contributed by atoms with Crippen molar-refractivity contribution in [2.24, 2.45) is 16.5 Å². The Morgan fingerprint density at radius 2 is 1.89 bits per heavy atom. The Kier molecular flexibility index (Phi) is 4.73. The molecule has 0 amide bonds. The van der Waals surface area contributed by atoms with Gasteiger partial charge in [-0.25, -0.2) is 4.99 Å². The van der Waals surface area contributed by atoms with Crippen molar-refractivity contribution >= 4 is 17.2 Å². The summed E-state index contributed by atoms with van der Waals surface area (Å²) in [6, 6.07) is 15.9. The molecule has 1 aliphatic heterocycles. The normalized spacial score (nSPS) is 18.1. The first-order valence-electron chi connectivity index (χ1n) is 8.19. The summed E-state index contributed by atoms with van der Waals surface area (Å²) in [7, 11) is 0. The lowest BCUT2D eigenvalue weighted by Crippen LogP contribution is -2.27. The van der Waals surface area contributed by atoms with E-state index in [9.17, 15) is 15.4 Å². The standard InChI is InChI=1S/C20H17N5O2/c1-12-6-2-3-7-13(12)19-15(10-21)18(16(11-22)20(23)24-19)14-8-4-5-9-17(14)25(26)27/h2-9,11,18H,22H2,1H3,(H2,23,24)/b16-11-.